The zero-order valence-corrected chi connectivity index (χ0v) is 26.4. The summed E-state index contributed by atoms with van der Waals surface area (Å²) in [5.74, 6) is -3.22. The first-order valence-corrected chi connectivity index (χ1v) is 15.7. The molecule has 4 aromatic carbocycles. The van der Waals surface area contributed by atoms with Gasteiger partial charge in [0, 0.05) is 0 Å². The van der Waals surface area contributed by atoms with Crippen molar-refractivity contribution in [2.24, 2.45) is 0 Å². The highest BCUT2D eigenvalue weighted by Gasteiger charge is 2.32. The molecule has 7 rings (SSSR count). The topological polar surface area (TPSA) is 139 Å². The van der Waals surface area contributed by atoms with Gasteiger partial charge in [-0.25, -0.2) is 28.8 Å². The number of cyclic esters (lactones) is 4. The van der Waals surface area contributed by atoms with Crippen LogP contribution >= 0.6 is 0 Å². The Kier molecular flexibility index (Phi) is 7.99. The van der Waals surface area contributed by atoms with Gasteiger partial charge in [0.05, 0.1) is 33.4 Å². The van der Waals surface area contributed by atoms with Crippen LogP contribution in [-0.4, -0.2) is 35.8 Å². The van der Waals surface area contributed by atoms with Crippen molar-refractivity contribution in [2.45, 2.75) is 44.9 Å². The fourth-order valence-electron chi connectivity index (χ4n) is 6.25. The molecule has 1 aliphatic carbocycles. The van der Waals surface area contributed by atoms with Gasteiger partial charge in [-0.15, -0.1) is 0 Å². The highest BCUT2D eigenvalue weighted by molar-refractivity contribution is 6.16. The summed E-state index contributed by atoms with van der Waals surface area (Å²) in [5.41, 5.74) is 4.83. The van der Waals surface area contributed by atoms with Crippen LogP contribution < -0.4 is 9.47 Å². The third kappa shape index (κ3) is 6.04. The summed E-state index contributed by atoms with van der Waals surface area (Å²) >= 11 is 0. The first-order chi connectivity index (χ1) is 23.5. The molecule has 0 spiro atoms. The van der Waals surface area contributed by atoms with E-state index in [0.717, 1.165) is 36.0 Å². The predicted molar refractivity (Wildman–Crippen MR) is 174 cm³/mol. The minimum atomic E-state index is -0.786. The van der Waals surface area contributed by atoms with E-state index in [0.29, 0.717) is 11.5 Å². The zero-order valence-electron chi connectivity index (χ0n) is 26.4. The molecule has 3 aliphatic rings. The Morgan fingerprint density at radius 1 is 0.673 bits per heavy atom. The maximum atomic E-state index is 13.0. The molecule has 49 heavy (non-hydrogen) atoms. The number of fused-ring (bicyclic) bond motifs is 2. The van der Waals surface area contributed by atoms with Crippen molar-refractivity contribution >= 4 is 41.4 Å². The molecule has 1 atom stereocenters. The Balaban J connectivity index is 0.998. The van der Waals surface area contributed by atoms with Crippen molar-refractivity contribution in [1.29, 1.82) is 0 Å². The van der Waals surface area contributed by atoms with E-state index < -0.39 is 35.8 Å². The molecule has 0 amide bonds. The second-order valence-corrected chi connectivity index (χ2v) is 12.3. The van der Waals surface area contributed by atoms with E-state index in [1.807, 2.05) is 38.1 Å². The van der Waals surface area contributed by atoms with Crippen molar-refractivity contribution in [3.63, 3.8) is 0 Å². The van der Waals surface area contributed by atoms with E-state index in [-0.39, 0.29) is 45.2 Å². The van der Waals surface area contributed by atoms with Crippen LogP contribution in [0.2, 0.25) is 0 Å². The van der Waals surface area contributed by atoms with Gasteiger partial charge in [0.25, 0.3) is 0 Å². The molecule has 0 saturated heterocycles. The van der Waals surface area contributed by atoms with Gasteiger partial charge in [0.15, 0.2) is 0 Å². The van der Waals surface area contributed by atoms with E-state index in [1.54, 1.807) is 18.2 Å². The van der Waals surface area contributed by atoms with Gasteiger partial charge in [-0.05, 0) is 114 Å². The molecule has 10 nitrogen and oxygen atoms in total. The minimum absolute atomic E-state index is 0.0427. The van der Waals surface area contributed by atoms with E-state index >= 15 is 0 Å². The molecule has 244 valence electrons. The summed E-state index contributed by atoms with van der Waals surface area (Å²) in [7, 11) is 0. The smallest absolute Gasteiger partial charge is 0.346 e. The number of hydrogen-bond donors (Lipinski definition) is 0. The van der Waals surface area contributed by atoms with Crippen molar-refractivity contribution in [2.75, 3.05) is 0 Å². The third-order valence-corrected chi connectivity index (χ3v) is 8.94. The number of carbonyl (C=O) groups excluding carboxylic acids is 6. The standard InChI is InChI=1S/C39H28O10/c1-20(2)30-17-24(11-16-33(30)47-35(41)26-10-15-29-32(19-26)39(45)49-37(29)43)23-5-3-21(4-6-23)22-7-12-27(13-8-22)46-34(40)25-9-14-28-31(18-25)38(44)48-36(28)42/h5,7-21H,3-4,6H2,1-2H3. The molecule has 0 fully saturated rings. The highest BCUT2D eigenvalue weighted by atomic mass is 16.6. The van der Waals surface area contributed by atoms with Gasteiger partial charge in [0.1, 0.15) is 11.5 Å². The lowest BCUT2D eigenvalue weighted by molar-refractivity contribution is 0.0425. The summed E-state index contributed by atoms with van der Waals surface area (Å²) in [4.78, 5) is 72.9. The number of hydrogen-bond acceptors (Lipinski definition) is 10. The summed E-state index contributed by atoms with van der Waals surface area (Å²) in [6.07, 6.45) is 4.79. The molecule has 0 saturated carbocycles. The molecule has 4 aromatic rings. The number of ether oxygens (including phenoxy) is 4. The Bertz CT molecular complexity index is 2140. The Labute approximate surface area is 280 Å². The van der Waals surface area contributed by atoms with E-state index in [4.69, 9.17) is 9.47 Å². The second-order valence-electron chi connectivity index (χ2n) is 12.3. The fourth-order valence-corrected chi connectivity index (χ4v) is 6.25. The van der Waals surface area contributed by atoms with Gasteiger partial charge in [0.2, 0.25) is 0 Å². The molecule has 0 aromatic heterocycles. The lowest BCUT2D eigenvalue weighted by Gasteiger charge is -2.24. The molecule has 2 aliphatic heterocycles. The Hall–Kier alpha value is -6.16. The normalized spacial score (nSPS) is 16.5. The van der Waals surface area contributed by atoms with E-state index in [1.165, 1.54) is 42.0 Å². The molecule has 10 heteroatoms. The maximum Gasteiger partial charge on any atom is 0.346 e. The number of esters is 6. The second kappa shape index (κ2) is 12.5. The number of carbonyl (C=O) groups is 6. The molecular weight excluding hydrogens is 628 g/mol. The van der Waals surface area contributed by atoms with Gasteiger partial charge in [-0.3, -0.25) is 0 Å². The van der Waals surface area contributed by atoms with Crippen molar-refractivity contribution in [3.05, 3.63) is 135 Å². The molecule has 2 heterocycles. The molecule has 0 bridgehead atoms. The SMILES string of the molecule is CC(C)c1cc(C2=CCC(c3ccc(OC(=O)c4ccc5c(c4)C(=O)OC5=O)cc3)CC2)ccc1OC(=O)c1ccc2c(c1)C(=O)OC2=O. The van der Waals surface area contributed by atoms with Crippen LogP contribution in [0, 0.1) is 0 Å². The van der Waals surface area contributed by atoms with Crippen LogP contribution in [0.4, 0.5) is 0 Å². The summed E-state index contributed by atoms with van der Waals surface area (Å²) in [6, 6.07) is 21.4. The van der Waals surface area contributed by atoms with Crippen LogP contribution in [-0.2, 0) is 9.47 Å². The summed E-state index contributed by atoms with van der Waals surface area (Å²) < 4.78 is 20.5. The first kappa shape index (κ1) is 31.4. The van der Waals surface area contributed by atoms with Crippen LogP contribution in [0.3, 0.4) is 0 Å². The monoisotopic (exact) mass is 656 g/mol. The van der Waals surface area contributed by atoms with Crippen LogP contribution in [0.15, 0.2) is 84.9 Å². The van der Waals surface area contributed by atoms with Crippen molar-refractivity contribution in [3.8, 4) is 11.5 Å². The third-order valence-electron chi connectivity index (χ3n) is 8.94. The van der Waals surface area contributed by atoms with Gasteiger partial charge in [-0.1, -0.05) is 38.1 Å². The maximum absolute atomic E-state index is 13.0. The van der Waals surface area contributed by atoms with Crippen LogP contribution in [0.1, 0.15) is 124 Å². The quantitative estimate of drug-likeness (QED) is 0.114. The zero-order chi connectivity index (χ0) is 34.4. The number of benzene rings is 4. The average Bonchev–Trinajstić information content (AvgIpc) is 3.56. The van der Waals surface area contributed by atoms with Gasteiger partial charge in [-0.2, -0.15) is 0 Å². The Morgan fingerprint density at radius 2 is 1.24 bits per heavy atom. The highest BCUT2D eigenvalue weighted by Crippen LogP contribution is 2.39. The van der Waals surface area contributed by atoms with Crippen molar-refractivity contribution < 1.29 is 47.7 Å². The van der Waals surface area contributed by atoms with E-state index in [9.17, 15) is 28.8 Å². The molecular formula is C39H28O10. The lowest BCUT2D eigenvalue weighted by atomic mass is 9.82. The number of rotatable bonds is 7. The van der Waals surface area contributed by atoms with Gasteiger partial charge >= 0.3 is 35.8 Å². The van der Waals surface area contributed by atoms with Crippen LogP contribution in [0.25, 0.3) is 5.57 Å². The first-order valence-electron chi connectivity index (χ1n) is 15.7. The largest absolute Gasteiger partial charge is 0.423 e. The van der Waals surface area contributed by atoms with Gasteiger partial charge < -0.3 is 18.9 Å². The predicted octanol–water partition coefficient (Wildman–Crippen LogP) is 7.22. The van der Waals surface area contributed by atoms with E-state index in [2.05, 4.69) is 15.5 Å². The van der Waals surface area contributed by atoms with Crippen molar-refractivity contribution in [1.82, 2.24) is 0 Å². The average molecular weight is 657 g/mol. The van der Waals surface area contributed by atoms with Crippen LogP contribution in [0.5, 0.6) is 11.5 Å². The minimum Gasteiger partial charge on any atom is -0.423 e. The fraction of sp³-hybridized carbons (Fsp3) is 0.179. The summed E-state index contributed by atoms with van der Waals surface area (Å²) in [6.45, 7) is 4.03. The molecule has 1 unspecified atom stereocenters. The molecule has 0 N–H and O–H groups in total. The molecule has 0 radical (unpaired) electrons. The number of allylic oxidation sites excluding steroid dienone is 2. The summed E-state index contributed by atoms with van der Waals surface area (Å²) in [5, 5.41) is 0. The Morgan fingerprint density at radius 3 is 1.80 bits per heavy atom. The lowest BCUT2D eigenvalue weighted by Crippen LogP contribution is -2.12.